The van der Waals surface area contributed by atoms with Crippen molar-refractivity contribution in [2.24, 2.45) is 0 Å². The first-order chi connectivity index (χ1) is 13.1. The lowest BCUT2D eigenvalue weighted by atomic mass is 10.1. The number of hydrogen-bond acceptors (Lipinski definition) is 4. The number of thioether (sulfide) groups is 1. The molecule has 0 radical (unpaired) electrons. The molecule has 4 rings (SSSR count). The molecule has 138 valence electrons. The first kappa shape index (κ1) is 17.7. The Bertz CT molecular complexity index is 975. The van der Waals surface area contributed by atoms with Gasteiger partial charge in [-0.1, -0.05) is 36.0 Å². The zero-order chi connectivity index (χ0) is 18.8. The van der Waals surface area contributed by atoms with E-state index >= 15 is 0 Å². The minimum absolute atomic E-state index is 0.0239. The summed E-state index contributed by atoms with van der Waals surface area (Å²) < 4.78 is 7.85. The first-order valence-corrected chi connectivity index (χ1v) is 9.88. The normalized spacial score (nSPS) is 12.7. The van der Waals surface area contributed by atoms with Crippen LogP contribution in [0.3, 0.4) is 0 Å². The van der Waals surface area contributed by atoms with Gasteiger partial charge in [0.25, 0.3) is 5.91 Å². The summed E-state index contributed by atoms with van der Waals surface area (Å²) in [6, 6.07) is 13.6. The maximum absolute atomic E-state index is 12.3. The summed E-state index contributed by atoms with van der Waals surface area (Å²) in [6.07, 6.45) is 2.07. The minimum Gasteiger partial charge on any atom is -0.483 e. The molecule has 0 aliphatic carbocycles. The van der Waals surface area contributed by atoms with Gasteiger partial charge < -0.3 is 14.6 Å². The Kier molecular flexibility index (Phi) is 4.90. The van der Waals surface area contributed by atoms with Gasteiger partial charge in [-0.05, 0) is 43.2 Å². The number of hydrogen-bond donors (Lipinski definition) is 1. The van der Waals surface area contributed by atoms with Crippen LogP contribution in [0.25, 0.3) is 11.3 Å². The molecule has 1 amide bonds. The number of amides is 1. The molecule has 1 aliphatic heterocycles. The van der Waals surface area contributed by atoms with Gasteiger partial charge in [0.2, 0.25) is 0 Å². The molecule has 0 spiro atoms. The topological polar surface area (TPSA) is 56.1 Å². The Labute approximate surface area is 162 Å². The van der Waals surface area contributed by atoms with Gasteiger partial charge in [-0.15, -0.1) is 0 Å². The highest BCUT2D eigenvalue weighted by Crippen LogP contribution is 2.30. The lowest BCUT2D eigenvalue weighted by Crippen LogP contribution is -2.20. The average molecular weight is 379 g/mol. The van der Waals surface area contributed by atoms with Gasteiger partial charge >= 0.3 is 0 Å². The Morgan fingerprint density at radius 2 is 2.11 bits per heavy atom. The fourth-order valence-corrected chi connectivity index (χ4v) is 3.97. The van der Waals surface area contributed by atoms with E-state index in [2.05, 4.69) is 21.1 Å². The molecule has 0 saturated heterocycles. The van der Waals surface area contributed by atoms with Gasteiger partial charge in [-0.3, -0.25) is 4.79 Å². The maximum atomic E-state index is 12.3. The third kappa shape index (κ3) is 3.85. The Hall–Kier alpha value is -2.73. The van der Waals surface area contributed by atoms with E-state index in [-0.39, 0.29) is 12.5 Å². The van der Waals surface area contributed by atoms with Gasteiger partial charge in [0.15, 0.2) is 11.8 Å². The van der Waals surface area contributed by atoms with Gasteiger partial charge in [-0.2, -0.15) is 0 Å². The first-order valence-electron chi connectivity index (χ1n) is 8.89. The van der Waals surface area contributed by atoms with Crippen LogP contribution < -0.4 is 10.1 Å². The quantitative estimate of drug-likeness (QED) is 0.718. The van der Waals surface area contributed by atoms with Crippen molar-refractivity contribution in [3.8, 4) is 17.0 Å². The Morgan fingerprint density at radius 3 is 2.96 bits per heavy atom. The lowest BCUT2D eigenvalue weighted by Gasteiger charge is -2.11. The van der Waals surface area contributed by atoms with Gasteiger partial charge in [0.05, 0.1) is 5.69 Å². The monoisotopic (exact) mass is 379 g/mol. The van der Waals surface area contributed by atoms with Crippen LogP contribution in [0, 0.1) is 13.8 Å². The molecule has 0 bridgehead atoms. The van der Waals surface area contributed by atoms with Crippen LogP contribution in [0.1, 0.15) is 11.1 Å². The van der Waals surface area contributed by atoms with Crippen molar-refractivity contribution in [3.63, 3.8) is 0 Å². The number of fused-ring (bicyclic) bond motifs is 1. The van der Waals surface area contributed by atoms with E-state index in [1.165, 1.54) is 0 Å². The summed E-state index contributed by atoms with van der Waals surface area (Å²) >= 11 is 1.77. The van der Waals surface area contributed by atoms with Crippen molar-refractivity contribution in [1.29, 1.82) is 0 Å². The van der Waals surface area contributed by atoms with E-state index in [1.54, 1.807) is 11.8 Å². The van der Waals surface area contributed by atoms with Crippen LogP contribution >= 0.6 is 11.8 Å². The summed E-state index contributed by atoms with van der Waals surface area (Å²) in [7, 11) is 0. The molecule has 1 aromatic heterocycles. The molecule has 2 heterocycles. The summed E-state index contributed by atoms with van der Waals surface area (Å²) in [6.45, 7) is 4.99. The van der Waals surface area contributed by atoms with E-state index in [9.17, 15) is 4.79 Å². The summed E-state index contributed by atoms with van der Waals surface area (Å²) in [5, 5.41) is 3.96. The molecule has 0 fully saturated rings. The number of ether oxygens (including phenoxy) is 1. The molecular formula is C21H21N3O2S. The Morgan fingerprint density at radius 1 is 1.26 bits per heavy atom. The second-order valence-corrected chi connectivity index (χ2v) is 7.63. The molecule has 27 heavy (non-hydrogen) atoms. The number of anilines is 1. The van der Waals surface area contributed by atoms with Crippen molar-refractivity contribution in [3.05, 3.63) is 59.8 Å². The molecule has 6 heteroatoms. The van der Waals surface area contributed by atoms with E-state index in [0.717, 1.165) is 51.3 Å². The molecule has 1 N–H and O–H groups in total. The largest absolute Gasteiger partial charge is 0.483 e. The number of carbonyl (C=O) groups is 1. The summed E-state index contributed by atoms with van der Waals surface area (Å²) in [4.78, 5) is 16.9. The Balaban J connectivity index is 1.41. The third-order valence-electron chi connectivity index (χ3n) is 4.66. The molecule has 5 nitrogen and oxygen atoms in total. The molecule has 0 saturated carbocycles. The number of rotatable bonds is 5. The van der Waals surface area contributed by atoms with Gasteiger partial charge in [-0.25, -0.2) is 4.98 Å². The average Bonchev–Trinajstić information content (AvgIpc) is 3.25. The summed E-state index contributed by atoms with van der Waals surface area (Å²) in [5.41, 5.74) is 4.86. The van der Waals surface area contributed by atoms with Crippen LogP contribution in [0.15, 0.2) is 53.8 Å². The summed E-state index contributed by atoms with van der Waals surface area (Å²) in [5.74, 6) is 1.64. The highest BCUT2D eigenvalue weighted by Gasteiger charge is 2.15. The standard InChI is InChI=1S/C21H21N3O2S/c1-14-5-3-8-19(15(14)2)26-13-20(25)22-17-7-4-6-16(11-17)18-12-24-9-10-27-21(24)23-18/h3-8,11-12H,9-10,13H2,1-2H3,(H,22,25). The van der Waals surface area contributed by atoms with Crippen LogP contribution in [0.4, 0.5) is 5.69 Å². The van der Waals surface area contributed by atoms with E-state index in [1.807, 2.05) is 56.3 Å². The molecule has 0 unspecified atom stereocenters. The molecule has 0 atom stereocenters. The third-order valence-corrected chi connectivity index (χ3v) is 5.63. The number of nitrogens with zero attached hydrogens (tertiary/aromatic N) is 2. The van der Waals surface area contributed by atoms with E-state index in [4.69, 9.17) is 4.74 Å². The number of carbonyl (C=O) groups excluding carboxylic acids is 1. The minimum atomic E-state index is -0.184. The van der Waals surface area contributed by atoms with Crippen LogP contribution in [-0.4, -0.2) is 27.8 Å². The molecule has 3 aromatic rings. The second kappa shape index (κ2) is 7.48. The fraction of sp³-hybridized carbons (Fsp3) is 0.238. The molecular weight excluding hydrogens is 358 g/mol. The molecule has 2 aromatic carbocycles. The van der Waals surface area contributed by atoms with Crippen LogP contribution in [0.5, 0.6) is 5.75 Å². The number of imidazole rings is 1. The van der Waals surface area contributed by atoms with Crippen molar-refractivity contribution < 1.29 is 9.53 Å². The molecule has 1 aliphatic rings. The SMILES string of the molecule is Cc1cccc(OCC(=O)Nc2cccc(-c3cn4c(n3)SCC4)c2)c1C. The van der Waals surface area contributed by atoms with E-state index < -0.39 is 0 Å². The fourth-order valence-electron chi connectivity index (χ4n) is 3.03. The van der Waals surface area contributed by atoms with E-state index in [0.29, 0.717) is 0 Å². The smallest absolute Gasteiger partial charge is 0.262 e. The zero-order valence-corrected chi connectivity index (χ0v) is 16.2. The van der Waals surface area contributed by atoms with Crippen LogP contribution in [-0.2, 0) is 11.3 Å². The number of benzene rings is 2. The lowest BCUT2D eigenvalue weighted by molar-refractivity contribution is -0.118. The highest BCUT2D eigenvalue weighted by atomic mass is 32.2. The number of nitrogens with one attached hydrogen (secondary N) is 1. The van der Waals surface area contributed by atoms with Crippen molar-refractivity contribution in [2.45, 2.75) is 25.5 Å². The van der Waals surface area contributed by atoms with Crippen molar-refractivity contribution in [2.75, 3.05) is 17.7 Å². The zero-order valence-electron chi connectivity index (χ0n) is 15.4. The van der Waals surface area contributed by atoms with Gasteiger partial charge in [0, 0.05) is 29.7 Å². The number of aromatic nitrogens is 2. The van der Waals surface area contributed by atoms with Crippen molar-refractivity contribution in [1.82, 2.24) is 9.55 Å². The highest BCUT2D eigenvalue weighted by molar-refractivity contribution is 7.99. The predicted molar refractivity (Wildman–Crippen MR) is 108 cm³/mol. The van der Waals surface area contributed by atoms with Crippen LogP contribution in [0.2, 0.25) is 0 Å². The maximum Gasteiger partial charge on any atom is 0.262 e. The second-order valence-electron chi connectivity index (χ2n) is 6.57. The van der Waals surface area contributed by atoms with Gasteiger partial charge in [0.1, 0.15) is 5.75 Å². The number of aryl methyl sites for hydroxylation is 2. The van der Waals surface area contributed by atoms with Crippen molar-refractivity contribution >= 4 is 23.4 Å². The predicted octanol–water partition coefficient (Wildman–Crippen LogP) is 4.29.